The summed E-state index contributed by atoms with van der Waals surface area (Å²) in [5, 5.41) is 5.35. The third kappa shape index (κ3) is 4.86. The second-order valence-electron chi connectivity index (χ2n) is 3.17. The number of ether oxygens (including phenoxy) is 1. The Morgan fingerprint density at radius 2 is 2.12 bits per heavy atom. The van der Waals surface area contributed by atoms with Crippen LogP contribution in [0.3, 0.4) is 0 Å². The zero-order valence-electron chi connectivity index (χ0n) is 9.33. The van der Waals surface area contributed by atoms with Gasteiger partial charge in [0.2, 0.25) is 5.91 Å². The van der Waals surface area contributed by atoms with Crippen LogP contribution in [0.4, 0.5) is 5.69 Å². The Morgan fingerprint density at radius 3 is 2.76 bits per heavy atom. The Balaban J connectivity index is 2.59. The highest BCUT2D eigenvalue weighted by Crippen LogP contribution is 2.17. The van der Waals surface area contributed by atoms with E-state index in [1.807, 2.05) is 0 Å². The average Bonchev–Trinajstić information content (AvgIpc) is 2.36. The Bertz CT molecular complexity index is 409. The number of carbonyl (C=O) groups excluding carboxylic acids is 2. The maximum atomic E-state index is 11.1. The van der Waals surface area contributed by atoms with Gasteiger partial charge in [-0.25, -0.2) is 0 Å². The van der Waals surface area contributed by atoms with Gasteiger partial charge >= 0.3 is 0 Å². The number of hydrogen-bond acceptors (Lipinski definition) is 3. The van der Waals surface area contributed by atoms with E-state index in [1.165, 1.54) is 0 Å². The second kappa shape index (κ2) is 6.90. The fraction of sp³-hybridized carbons (Fsp3) is 0.273. The van der Waals surface area contributed by atoms with Gasteiger partial charge in [-0.15, -0.1) is 0 Å². The van der Waals surface area contributed by atoms with Crippen LogP contribution < -0.4 is 15.4 Å². The number of amides is 2. The lowest BCUT2D eigenvalue weighted by atomic mass is 10.3. The predicted molar refractivity (Wildman–Crippen MR) is 68.4 cm³/mol. The first-order valence-corrected chi connectivity index (χ1v) is 6.07. The van der Waals surface area contributed by atoms with Crippen LogP contribution in [0.1, 0.15) is 0 Å². The molecule has 0 saturated carbocycles. The number of likely N-dealkylation sites (N-methyl/N-ethyl adjacent to an activating group) is 1. The molecule has 92 valence electrons. The van der Waals surface area contributed by atoms with E-state index in [9.17, 15) is 9.59 Å². The molecular weight excluding hydrogens is 288 g/mol. The second-order valence-corrected chi connectivity index (χ2v) is 3.73. The van der Waals surface area contributed by atoms with E-state index in [0.29, 0.717) is 11.4 Å². The highest BCUT2D eigenvalue weighted by Gasteiger charge is 2.03. The fourth-order valence-corrected chi connectivity index (χ4v) is 1.22. The van der Waals surface area contributed by atoms with Crippen LogP contribution in [0.25, 0.3) is 0 Å². The Labute approximate surface area is 108 Å². The molecule has 2 N–H and O–H groups in total. The standard InChI is InChI=1S/C11H13BrN2O3/c1-13-11(16)7-17-9-4-2-3-8(5-9)14-10(15)6-12/h2-5H,6-7H2,1H3,(H,13,16)(H,14,15). The van der Waals surface area contributed by atoms with Crippen molar-refractivity contribution in [3.63, 3.8) is 0 Å². The zero-order chi connectivity index (χ0) is 12.7. The lowest BCUT2D eigenvalue weighted by Gasteiger charge is -2.07. The van der Waals surface area contributed by atoms with Crippen LogP contribution >= 0.6 is 15.9 Å². The number of anilines is 1. The SMILES string of the molecule is CNC(=O)COc1cccc(NC(=O)CBr)c1. The molecule has 0 atom stereocenters. The van der Waals surface area contributed by atoms with Crippen LogP contribution in [-0.2, 0) is 9.59 Å². The van der Waals surface area contributed by atoms with Crippen molar-refractivity contribution in [2.45, 2.75) is 0 Å². The summed E-state index contributed by atoms with van der Waals surface area (Å²) in [6.07, 6.45) is 0. The molecule has 17 heavy (non-hydrogen) atoms. The molecule has 1 aromatic carbocycles. The van der Waals surface area contributed by atoms with Crippen LogP contribution in [0.2, 0.25) is 0 Å². The van der Waals surface area contributed by atoms with Crippen molar-refractivity contribution in [3.8, 4) is 5.75 Å². The lowest BCUT2D eigenvalue weighted by molar-refractivity contribution is -0.122. The molecule has 1 rings (SSSR count). The molecule has 0 radical (unpaired) electrons. The molecule has 0 spiro atoms. The molecule has 0 aliphatic carbocycles. The van der Waals surface area contributed by atoms with Gasteiger partial charge in [0.25, 0.3) is 5.91 Å². The van der Waals surface area contributed by atoms with E-state index >= 15 is 0 Å². The summed E-state index contributed by atoms with van der Waals surface area (Å²) in [5.41, 5.74) is 0.629. The molecule has 0 heterocycles. The number of nitrogens with one attached hydrogen (secondary N) is 2. The minimum Gasteiger partial charge on any atom is -0.484 e. The number of halogens is 1. The Kier molecular flexibility index (Phi) is 5.48. The van der Waals surface area contributed by atoms with E-state index in [0.717, 1.165) is 0 Å². The zero-order valence-corrected chi connectivity index (χ0v) is 10.9. The number of hydrogen-bond donors (Lipinski definition) is 2. The van der Waals surface area contributed by atoms with Gasteiger partial charge in [-0.05, 0) is 12.1 Å². The van der Waals surface area contributed by atoms with Crippen molar-refractivity contribution >= 4 is 33.4 Å². The first-order valence-electron chi connectivity index (χ1n) is 4.95. The first kappa shape index (κ1) is 13.5. The summed E-state index contributed by atoms with van der Waals surface area (Å²) in [6, 6.07) is 6.85. The summed E-state index contributed by atoms with van der Waals surface area (Å²) < 4.78 is 5.24. The highest BCUT2D eigenvalue weighted by atomic mass is 79.9. The van der Waals surface area contributed by atoms with Crippen molar-refractivity contribution in [1.82, 2.24) is 5.32 Å². The Hall–Kier alpha value is -1.56. The van der Waals surface area contributed by atoms with Gasteiger partial charge in [-0.1, -0.05) is 22.0 Å². The van der Waals surface area contributed by atoms with E-state index in [2.05, 4.69) is 26.6 Å². The third-order valence-corrected chi connectivity index (χ3v) is 2.40. The van der Waals surface area contributed by atoms with Crippen LogP contribution in [0.15, 0.2) is 24.3 Å². The van der Waals surface area contributed by atoms with Gasteiger partial charge in [-0.2, -0.15) is 0 Å². The van der Waals surface area contributed by atoms with Crippen molar-refractivity contribution in [2.75, 3.05) is 24.3 Å². The molecule has 0 bridgehead atoms. The van der Waals surface area contributed by atoms with Gasteiger partial charge < -0.3 is 15.4 Å². The van der Waals surface area contributed by atoms with Gasteiger partial charge in [0.15, 0.2) is 6.61 Å². The smallest absolute Gasteiger partial charge is 0.257 e. The summed E-state index contributed by atoms with van der Waals surface area (Å²) in [7, 11) is 1.54. The van der Waals surface area contributed by atoms with Crippen molar-refractivity contribution in [3.05, 3.63) is 24.3 Å². The number of benzene rings is 1. The molecule has 0 fully saturated rings. The molecule has 5 nitrogen and oxygen atoms in total. The van der Waals surface area contributed by atoms with Gasteiger partial charge in [0.1, 0.15) is 5.75 Å². The quantitative estimate of drug-likeness (QED) is 0.802. The van der Waals surface area contributed by atoms with Crippen LogP contribution in [0.5, 0.6) is 5.75 Å². The monoisotopic (exact) mass is 300 g/mol. The summed E-state index contributed by atoms with van der Waals surface area (Å²) in [4.78, 5) is 22.1. The maximum Gasteiger partial charge on any atom is 0.257 e. The fourth-order valence-electron chi connectivity index (χ4n) is 1.08. The summed E-state index contributed by atoms with van der Waals surface area (Å²) in [6.45, 7) is -0.0493. The molecule has 0 saturated heterocycles. The molecule has 2 amide bonds. The first-order chi connectivity index (χ1) is 8.15. The van der Waals surface area contributed by atoms with E-state index < -0.39 is 0 Å². The number of alkyl halides is 1. The van der Waals surface area contributed by atoms with Crippen LogP contribution in [-0.4, -0.2) is 30.8 Å². The predicted octanol–water partition coefficient (Wildman–Crippen LogP) is 1.14. The van der Waals surface area contributed by atoms with Crippen molar-refractivity contribution in [2.24, 2.45) is 0 Å². The van der Waals surface area contributed by atoms with E-state index in [4.69, 9.17) is 4.74 Å². The van der Waals surface area contributed by atoms with Gasteiger partial charge in [0.05, 0.1) is 5.33 Å². The maximum absolute atomic E-state index is 11.1. The lowest BCUT2D eigenvalue weighted by Crippen LogP contribution is -2.24. The average molecular weight is 301 g/mol. The van der Waals surface area contributed by atoms with Crippen LogP contribution in [0, 0.1) is 0 Å². The van der Waals surface area contributed by atoms with Crippen molar-refractivity contribution in [1.29, 1.82) is 0 Å². The Morgan fingerprint density at radius 1 is 1.35 bits per heavy atom. The molecule has 0 aliphatic heterocycles. The molecule has 0 aliphatic rings. The highest BCUT2D eigenvalue weighted by molar-refractivity contribution is 9.09. The normalized spacial score (nSPS) is 9.53. The molecular formula is C11H13BrN2O3. The van der Waals surface area contributed by atoms with Gasteiger partial charge in [0, 0.05) is 18.8 Å². The number of carbonyl (C=O) groups is 2. The summed E-state index contributed by atoms with van der Waals surface area (Å²) in [5.74, 6) is 0.175. The number of rotatable bonds is 5. The van der Waals surface area contributed by atoms with E-state index in [1.54, 1.807) is 31.3 Å². The minimum atomic E-state index is -0.208. The minimum absolute atomic E-state index is 0.0493. The molecule has 0 unspecified atom stereocenters. The summed E-state index contributed by atoms with van der Waals surface area (Å²) >= 11 is 3.05. The topological polar surface area (TPSA) is 67.4 Å². The van der Waals surface area contributed by atoms with Gasteiger partial charge in [-0.3, -0.25) is 9.59 Å². The molecule has 6 heteroatoms. The van der Waals surface area contributed by atoms with Crippen molar-refractivity contribution < 1.29 is 14.3 Å². The van der Waals surface area contributed by atoms with E-state index in [-0.39, 0.29) is 23.8 Å². The molecule has 0 aromatic heterocycles. The third-order valence-electron chi connectivity index (χ3n) is 1.89. The largest absolute Gasteiger partial charge is 0.484 e. The molecule has 1 aromatic rings.